The summed E-state index contributed by atoms with van der Waals surface area (Å²) in [5.41, 5.74) is 18.6. The van der Waals surface area contributed by atoms with E-state index in [0.29, 0.717) is 24.0 Å². The van der Waals surface area contributed by atoms with Crippen molar-refractivity contribution in [2.24, 2.45) is 34.0 Å². The van der Waals surface area contributed by atoms with E-state index in [4.69, 9.17) is 17.2 Å². The first kappa shape index (κ1) is 53.1. The summed E-state index contributed by atoms with van der Waals surface area (Å²) in [7, 11) is 0. The van der Waals surface area contributed by atoms with Crippen molar-refractivity contribution in [2.75, 3.05) is 13.1 Å². The molecule has 20 nitrogen and oxygen atoms in total. The van der Waals surface area contributed by atoms with Crippen LogP contribution in [0.3, 0.4) is 0 Å². The Balaban J connectivity index is 1.86. The Kier molecular flexibility index (Phi) is 21.1. The van der Waals surface area contributed by atoms with E-state index in [0.717, 1.165) is 0 Å². The Hall–Kier alpha value is -6.28. The molecule has 2 aromatic rings. The van der Waals surface area contributed by atoms with E-state index in [1.54, 1.807) is 63.2 Å². The van der Waals surface area contributed by atoms with Gasteiger partial charge in [-0.3, -0.25) is 33.8 Å². The topological polar surface area (TPSA) is 334 Å². The Morgan fingerprint density at radius 2 is 1.37 bits per heavy atom. The number of carbonyl (C=O) groups excluding carboxylic acids is 6. The minimum absolute atomic E-state index is 0.0511. The number of amides is 6. The molecular formula is C45H68N10O10. The van der Waals surface area contributed by atoms with Crippen LogP contribution in [-0.4, -0.2) is 129 Å². The van der Waals surface area contributed by atoms with Gasteiger partial charge in [0.1, 0.15) is 42.0 Å². The number of aliphatic imine (C=N–C) groups is 1. The molecule has 1 fully saturated rings. The molecule has 6 amide bonds. The number of aromatic hydroxyl groups is 1. The van der Waals surface area contributed by atoms with E-state index >= 15 is 0 Å². The van der Waals surface area contributed by atoms with E-state index in [1.165, 1.54) is 24.0 Å². The number of phenols is 1. The van der Waals surface area contributed by atoms with E-state index in [2.05, 4.69) is 31.6 Å². The maximum atomic E-state index is 14.5. The summed E-state index contributed by atoms with van der Waals surface area (Å²) in [6.45, 7) is 8.69. The fraction of sp³-hybridized carbons (Fsp3) is 0.556. The first-order valence-corrected chi connectivity index (χ1v) is 22.1. The predicted octanol–water partition coefficient (Wildman–Crippen LogP) is -0.469. The molecule has 0 aliphatic carbocycles. The molecule has 0 radical (unpaired) electrons. The van der Waals surface area contributed by atoms with Crippen molar-refractivity contribution in [2.45, 2.75) is 134 Å². The van der Waals surface area contributed by atoms with Crippen LogP contribution in [0.2, 0.25) is 0 Å². The third kappa shape index (κ3) is 17.0. The highest BCUT2D eigenvalue weighted by Crippen LogP contribution is 2.21. The number of hydrogen-bond donors (Lipinski definition) is 11. The maximum absolute atomic E-state index is 14.5. The molecule has 0 saturated carbocycles. The van der Waals surface area contributed by atoms with Gasteiger partial charge in [0.15, 0.2) is 5.96 Å². The molecule has 1 aliphatic rings. The van der Waals surface area contributed by atoms with Crippen LogP contribution in [0, 0.1) is 11.8 Å². The number of aliphatic hydroxyl groups is 1. The number of phenolic OH excluding ortho intramolecular Hbond substituents is 1. The average Bonchev–Trinajstić information content (AvgIpc) is 3.75. The standard InChI is InChI=1S/C45H68N10O10/c1-6-26(4)36(53-38(58)31(46)23-29-16-18-30(57)19-17-29)41(61)50-32(14-10-20-49-45(47)48)43(63)55-21-11-15-35(55)40(60)51-33(24-28-12-8-7-9-13-28)39(59)54-37(27(5)56)42(62)52-34(44(64)65)22-25(2)3/h7-9,12-13,16-19,25-27,31-37,56-57H,6,10-11,14-15,20-24,46H2,1-5H3,(H,50,61)(H,51,60)(H,52,62)(H,53,58)(H,54,59)(H,64,65)(H4,47,48,49)/t26-,27+,31-,32-,33-,34-,35-,36-,37-/m0/s1. The van der Waals surface area contributed by atoms with Gasteiger partial charge in [-0.05, 0) is 80.5 Å². The van der Waals surface area contributed by atoms with Crippen LogP contribution in [0.5, 0.6) is 5.75 Å². The van der Waals surface area contributed by atoms with Crippen molar-refractivity contribution < 1.29 is 48.9 Å². The number of likely N-dealkylation sites (tertiary alicyclic amines) is 1. The zero-order valence-electron chi connectivity index (χ0n) is 37.9. The summed E-state index contributed by atoms with van der Waals surface area (Å²) >= 11 is 0. The number of rotatable bonds is 25. The van der Waals surface area contributed by atoms with Crippen LogP contribution in [0.1, 0.15) is 84.3 Å². The zero-order valence-corrected chi connectivity index (χ0v) is 37.9. The second kappa shape index (κ2) is 25.9. The minimum atomic E-state index is -1.58. The maximum Gasteiger partial charge on any atom is 0.326 e. The number of carbonyl (C=O) groups is 7. The predicted molar refractivity (Wildman–Crippen MR) is 242 cm³/mol. The quantitative estimate of drug-likeness (QED) is 0.0342. The molecule has 0 bridgehead atoms. The SMILES string of the molecule is CC[C@H](C)[C@H](NC(=O)[C@@H](N)Cc1ccc(O)cc1)C(=O)N[C@@H](CCCN=C(N)N)C(=O)N1CCC[C@H]1C(=O)N[C@@H](Cc1ccccc1)C(=O)N[C@H](C(=O)N[C@@H](CC(C)C)C(=O)O)[C@@H](C)O. The molecule has 65 heavy (non-hydrogen) atoms. The van der Waals surface area contributed by atoms with Crippen molar-refractivity contribution in [3.8, 4) is 5.75 Å². The molecular weight excluding hydrogens is 841 g/mol. The van der Waals surface area contributed by atoms with Gasteiger partial charge >= 0.3 is 5.97 Å². The molecule has 2 aromatic carbocycles. The molecule has 3 rings (SSSR count). The third-order valence-corrected chi connectivity index (χ3v) is 11.2. The molecule has 1 aliphatic heterocycles. The summed E-state index contributed by atoms with van der Waals surface area (Å²) in [6.07, 6.45) is 0.103. The van der Waals surface area contributed by atoms with Crippen LogP contribution in [0.4, 0.5) is 0 Å². The third-order valence-electron chi connectivity index (χ3n) is 11.2. The lowest BCUT2D eigenvalue weighted by molar-refractivity contribution is -0.143. The number of nitrogens with two attached hydrogens (primary N) is 3. The monoisotopic (exact) mass is 909 g/mol. The number of nitrogens with one attached hydrogen (secondary N) is 5. The highest BCUT2D eigenvalue weighted by Gasteiger charge is 2.41. The molecule has 20 heteroatoms. The molecule has 1 saturated heterocycles. The lowest BCUT2D eigenvalue weighted by atomic mass is 9.96. The molecule has 358 valence electrons. The summed E-state index contributed by atoms with van der Waals surface area (Å²) in [6, 6.07) is 6.30. The Morgan fingerprint density at radius 1 is 0.769 bits per heavy atom. The number of aliphatic carboxylic acids is 1. The van der Waals surface area contributed by atoms with Crippen LogP contribution in [0.15, 0.2) is 59.6 Å². The van der Waals surface area contributed by atoms with Gasteiger partial charge < -0.3 is 64.0 Å². The van der Waals surface area contributed by atoms with Gasteiger partial charge in [0.05, 0.1) is 12.1 Å². The second-order valence-corrected chi connectivity index (χ2v) is 17.1. The Labute approximate surface area is 379 Å². The van der Waals surface area contributed by atoms with Gasteiger partial charge in [-0.25, -0.2) is 4.79 Å². The summed E-state index contributed by atoms with van der Waals surface area (Å²) in [4.78, 5) is 101. The summed E-state index contributed by atoms with van der Waals surface area (Å²) < 4.78 is 0. The van der Waals surface area contributed by atoms with Gasteiger partial charge in [-0.2, -0.15) is 0 Å². The van der Waals surface area contributed by atoms with Crippen LogP contribution >= 0.6 is 0 Å². The Bertz CT molecular complexity index is 1940. The zero-order chi connectivity index (χ0) is 48.4. The van der Waals surface area contributed by atoms with Crippen molar-refractivity contribution in [3.63, 3.8) is 0 Å². The van der Waals surface area contributed by atoms with Crippen LogP contribution < -0.4 is 43.8 Å². The first-order chi connectivity index (χ1) is 30.7. The molecule has 0 spiro atoms. The molecule has 9 atom stereocenters. The number of guanidine groups is 1. The van der Waals surface area contributed by atoms with Gasteiger partial charge in [-0.15, -0.1) is 0 Å². The lowest BCUT2D eigenvalue weighted by Crippen LogP contribution is -2.61. The number of carboxylic acid groups (broad SMARTS) is 1. The van der Waals surface area contributed by atoms with E-state index < -0.39 is 95.7 Å². The van der Waals surface area contributed by atoms with Crippen LogP contribution in [0.25, 0.3) is 0 Å². The van der Waals surface area contributed by atoms with E-state index in [9.17, 15) is 48.9 Å². The molecule has 0 aromatic heterocycles. The van der Waals surface area contributed by atoms with Gasteiger partial charge in [0, 0.05) is 19.5 Å². The number of hydrogen-bond acceptors (Lipinski definition) is 11. The fourth-order valence-corrected chi connectivity index (χ4v) is 7.41. The van der Waals surface area contributed by atoms with Crippen molar-refractivity contribution in [3.05, 3.63) is 65.7 Å². The largest absolute Gasteiger partial charge is 0.508 e. The normalized spacial score (nSPS) is 17.2. The number of nitrogens with zero attached hydrogens (tertiary/aromatic N) is 2. The number of aliphatic hydroxyl groups excluding tert-OH is 1. The van der Waals surface area contributed by atoms with Crippen molar-refractivity contribution >= 4 is 47.4 Å². The minimum Gasteiger partial charge on any atom is -0.508 e. The number of carboxylic acids is 1. The van der Waals surface area contributed by atoms with Crippen molar-refractivity contribution in [1.29, 1.82) is 0 Å². The fourth-order valence-electron chi connectivity index (χ4n) is 7.41. The highest BCUT2D eigenvalue weighted by molar-refractivity contribution is 5.97. The Morgan fingerprint density at radius 3 is 1.95 bits per heavy atom. The van der Waals surface area contributed by atoms with Gasteiger partial charge in [0.2, 0.25) is 35.4 Å². The summed E-state index contributed by atoms with van der Waals surface area (Å²) in [5.74, 6) is -6.20. The van der Waals surface area contributed by atoms with Gasteiger partial charge in [-0.1, -0.05) is 76.6 Å². The summed E-state index contributed by atoms with van der Waals surface area (Å²) in [5, 5.41) is 43.1. The number of benzene rings is 2. The highest BCUT2D eigenvalue weighted by atomic mass is 16.4. The first-order valence-electron chi connectivity index (χ1n) is 22.1. The van der Waals surface area contributed by atoms with Crippen molar-refractivity contribution in [1.82, 2.24) is 31.5 Å². The van der Waals surface area contributed by atoms with E-state index in [-0.39, 0.29) is 69.2 Å². The average molecular weight is 909 g/mol. The molecule has 1 heterocycles. The smallest absolute Gasteiger partial charge is 0.326 e. The van der Waals surface area contributed by atoms with E-state index in [1.807, 2.05) is 6.92 Å². The van der Waals surface area contributed by atoms with Gasteiger partial charge in [0.25, 0.3) is 0 Å². The molecule has 0 unspecified atom stereocenters. The molecule has 14 N–H and O–H groups in total. The second-order valence-electron chi connectivity index (χ2n) is 17.1. The lowest BCUT2D eigenvalue weighted by Gasteiger charge is -2.32. The van der Waals surface area contributed by atoms with Crippen LogP contribution in [-0.2, 0) is 46.4 Å².